The van der Waals surface area contributed by atoms with Crippen molar-refractivity contribution in [3.05, 3.63) is 47.2 Å². The summed E-state index contributed by atoms with van der Waals surface area (Å²) in [6, 6.07) is 4.25. The third kappa shape index (κ3) is 8.02. The number of aliphatic imine (C=N–C) groups is 1. The lowest BCUT2D eigenvalue weighted by atomic mass is 9.99. The molecule has 0 saturated carbocycles. The molecule has 0 aromatic carbocycles. The quantitative estimate of drug-likeness (QED) is 0.208. The molecule has 0 aliphatic carbocycles. The van der Waals surface area contributed by atoms with Crippen LogP contribution in [0, 0.1) is 5.41 Å². The fraction of sp³-hybridized carbons (Fsp3) is 0.607. The van der Waals surface area contributed by atoms with Crippen LogP contribution >= 0.6 is 0 Å². The van der Waals surface area contributed by atoms with Gasteiger partial charge in [0.2, 0.25) is 5.88 Å². The van der Waals surface area contributed by atoms with Crippen molar-refractivity contribution in [3.8, 4) is 5.88 Å². The number of pyridine rings is 1. The Labute approximate surface area is 226 Å². The minimum absolute atomic E-state index is 0.174. The van der Waals surface area contributed by atoms with Crippen LogP contribution in [0.25, 0.3) is 0 Å². The molecule has 1 atom stereocenters. The van der Waals surface area contributed by atoms with Crippen LogP contribution in [-0.2, 0) is 6.54 Å². The van der Waals surface area contributed by atoms with Gasteiger partial charge in [-0.3, -0.25) is 0 Å². The average Bonchev–Trinajstić information content (AvgIpc) is 2.96. The zero-order valence-corrected chi connectivity index (χ0v) is 22.7. The molecule has 1 aromatic rings. The van der Waals surface area contributed by atoms with Crippen LogP contribution in [0.1, 0.15) is 51.0 Å². The second-order valence-electron chi connectivity index (χ2n) is 10.0. The summed E-state index contributed by atoms with van der Waals surface area (Å²) in [5.74, 6) is 3.09. The first kappa shape index (κ1) is 28.1. The summed E-state index contributed by atoms with van der Waals surface area (Å²) in [7, 11) is 0. The molecular formula is C28H44N8O2. The van der Waals surface area contributed by atoms with E-state index >= 15 is 0 Å². The minimum Gasteiger partial charge on any atom is -0.478 e. The molecule has 2 fully saturated rings. The van der Waals surface area contributed by atoms with Gasteiger partial charge in [-0.1, -0.05) is 13.0 Å². The molecule has 208 valence electrons. The second-order valence-corrected chi connectivity index (χ2v) is 10.0. The molecular weight excluding hydrogens is 480 g/mol. The first-order valence-corrected chi connectivity index (χ1v) is 14.1. The lowest BCUT2D eigenvalue weighted by Crippen LogP contribution is -2.45. The maximum Gasteiger partial charge on any atom is 0.213 e. The van der Waals surface area contributed by atoms with Gasteiger partial charge in [0.1, 0.15) is 17.5 Å². The number of aliphatic hydroxyl groups excluding tert-OH is 1. The van der Waals surface area contributed by atoms with Crippen LogP contribution in [0.2, 0.25) is 0 Å². The number of amidine groups is 1. The van der Waals surface area contributed by atoms with E-state index in [0.717, 1.165) is 94.2 Å². The van der Waals surface area contributed by atoms with Gasteiger partial charge in [0.05, 0.1) is 6.61 Å². The van der Waals surface area contributed by atoms with Crippen molar-refractivity contribution in [3.63, 3.8) is 0 Å². The van der Waals surface area contributed by atoms with Crippen molar-refractivity contribution in [2.45, 2.75) is 58.0 Å². The fourth-order valence-corrected chi connectivity index (χ4v) is 5.15. The molecule has 3 aliphatic rings. The van der Waals surface area contributed by atoms with E-state index in [-0.39, 0.29) is 12.6 Å². The van der Waals surface area contributed by atoms with Crippen LogP contribution in [0.3, 0.4) is 0 Å². The molecule has 5 N–H and O–H groups in total. The number of piperazine rings is 1. The highest BCUT2D eigenvalue weighted by Crippen LogP contribution is 2.23. The molecule has 4 rings (SSSR count). The number of piperidine rings is 1. The third-order valence-corrected chi connectivity index (χ3v) is 7.35. The van der Waals surface area contributed by atoms with Crippen LogP contribution in [-0.4, -0.2) is 90.5 Å². The lowest BCUT2D eigenvalue weighted by Gasteiger charge is -2.38. The van der Waals surface area contributed by atoms with E-state index in [2.05, 4.69) is 30.7 Å². The van der Waals surface area contributed by atoms with Crippen molar-refractivity contribution in [1.29, 1.82) is 5.41 Å². The van der Waals surface area contributed by atoms with Gasteiger partial charge in [-0.25, -0.2) is 9.98 Å². The first-order chi connectivity index (χ1) is 18.7. The Morgan fingerprint density at radius 2 is 2.13 bits per heavy atom. The molecule has 1 aromatic heterocycles. The summed E-state index contributed by atoms with van der Waals surface area (Å²) < 4.78 is 5.86. The van der Waals surface area contributed by atoms with Crippen molar-refractivity contribution < 1.29 is 9.84 Å². The Kier molecular flexibility index (Phi) is 11.0. The van der Waals surface area contributed by atoms with E-state index in [1.165, 1.54) is 12.6 Å². The Bertz CT molecular complexity index is 983. The van der Waals surface area contributed by atoms with Gasteiger partial charge in [-0.05, 0) is 44.1 Å². The van der Waals surface area contributed by atoms with E-state index in [4.69, 9.17) is 15.1 Å². The fourth-order valence-electron chi connectivity index (χ4n) is 5.15. The summed E-state index contributed by atoms with van der Waals surface area (Å²) in [5.41, 5.74) is 1.90. The Morgan fingerprint density at radius 1 is 1.26 bits per heavy atom. The number of ether oxygens (including phenoxy) is 1. The van der Waals surface area contributed by atoms with Gasteiger partial charge >= 0.3 is 0 Å². The average molecular weight is 525 g/mol. The minimum atomic E-state index is 0.174. The predicted molar refractivity (Wildman–Crippen MR) is 151 cm³/mol. The summed E-state index contributed by atoms with van der Waals surface area (Å²) in [5, 5.41) is 27.7. The second kappa shape index (κ2) is 14.8. The third-order valence-electron chi connectivity index (χ3n) is 7.35. The van der Waals surface area contributed by atoms with Crippen molar-refractivity contribution >= 4 is 12.1 Å². The van der Waals surface area contributed by atoms with E-state index < -0.39 is 0 Å². The number of aliphatic hydroxyl groups is 1. The lowest BCUT2D eigenvalue weighted by molar-refractivity contribution is 0.185. The van der Waals surface area contributed by atoms with E-state index in [1.807, 2.05) is 31.3 Å². The van der Waals surface area contributed by atoms with E-state index in [1.54, 1.807) is 0 Å². The molecule has 10 heteroatoms. The number of hydrogen-bond donors (Lipinski definition) is 5. The van der Waals surface area contributed by atoms with Crippen LogP contribution < -0.4 is 20.7 Å². The summed E-state index contributed by atoms with van der Waals surface area (Å²) in [6.45, 7) is 9.82. The monoisotopic (exact) mass is 524 g/mol. The molecule has 1 unspecified atom stereocenters. The van der Waals surface area contributed by atoms with Gasteiger partial charge in [-0.15, -0.1) is 0 Å². The van der Waals surface area contributed by atoms with Gasteiger partial charge < -0.3 is 41.0 Å². The number of allylic oxidation sites excluding steroid dienone is 1. The van der Waals surface area contributed by atoms with Crippen molar-refractivity contribution in [2.75, 3.05) is 52.5 Å². The maximum absolute atomic E-state index is 9.58. The molecule has 0 radical (unpaired) electrons. The first-order valence-electron chi connectivity index (χ1n) is 14.1. The molecule has 2 saturated heterocycles. The summed E-state index contributed by atoms with van der Waals surface area (Å²) in [4.78, 5) is 14.2. The zero-order chi connectivity index (χ0) is 26.6. The van der Waals surface area contributed by atoms with Crippen LogP contribution in [0.15, 0.2) is 46.6 Å². The van der Waals surface area contributed by atoms with Gasteiger partial charge in [0, 0.05) is 88.6 Å². The topological polar surface area (TPSA) is 121 Å². The molecule has 38 heavy (non-hydrogen) atoms. The number of nitrogens with one attached hydrogen (secondary N) is 4. The molecule has 0 amide bonds. The Balaban J connectivity index is 1.34. The van der Waals surface area contributed by atoms with Crippen LogP contribution in [0.5, 0.6) is 5.88 Å². The summed E-state index contributed by atoms with van der Waals surface area (Å²) in [6.07, 6.45) is 11.1. The summed E-state index contributed by atoms with van der Waals surface area (Å²) >= 11 is 0. The zero-order valence-electron chi connectivity index (χ0n) is 22.7. The largest absolute Gasteiger partial charge is 0.478 e. The van der Waals surface area contributed by atoms with Gasteiger partial charge in [-0.2, -0.15) is 0 Å². The van der Waals surface area contributed by atoms with Crippen molar-refractivity contribution in [2.24, 2.45) is 4.99 Å². The Morgan fingerprint density at radius 3 is 2.87 bits per heavy atom. The number of nitrogens with zero attached hydrogens (tertiary/aromatic N) is 4. The highest BCUT2D eigenvalue weighted by atomic mass is 16.5. The highest BCUT2D eigenvalue weighted by Gasteiger charge is 2.26. The van der Waals surface area contributed by atoms with Gasteiger partial charge in [0.15, 0.2) is 0 Å². The van der Waals surface area contributed by atoms with Crippen molar-refractivity contribution in [1.82, 2.24) is 30.7 Å². The van der Waals surface area contributed by atoms with E-state index in [0.29, 0.717) is 24.9 Å². The number of rotatable bonds is 12. The molecule has 0 spiro atoms. The molecule has 3 aliphatic heterocycles. The Hall–Kier alpha value is -2.95. The number of hydrogen-bond acceptors (Lipinski definition) is 10. The number of aromatic nitrogens is 1. The number of likely N-dealkylation sites (tertiary alicyclic amines) is 1. The van der Waals surface area contributed by atoms with Gasteiger partial charge in [0.25, 0.3) is 0 Å². The smallest absolute Gasteiger partial charge is 0.213 e. The normalized spacial score (nSPS) is 21.7. The SMILES string of the molecule is CC/C(C=N)=C1\N=C(N2CCCCC2CCO)C=C(NCc2ccc(OCCCN3CCNCC3)nc2)N1. The molecule has 0 bridgehead atoms. The van der Waals surface area contributed by atoms with E-state index in [9.17, 15) is 5.11 Å². The highest BCUT2D eigenvalue weighted by molar-refractivity contribution is 5.96. The molecule has 4 heterocycles. The predicted octanol–water partition coefficient (Wildman–Crippen LogP) is 2.20. The van der Waals surface area contributed by atoms with Crippen LogP contribution in [0.4, 0.5) is 0 Å². The standard InChI is InChI=1S/C28H44N8O2/c1-2-23(19-29)28-33-25(18-26(34-28)36-13-4-3-6-24(36)9-16-37)31-20-22-7-8-27(32-21-22)38-17-5-12-35-14-10-30-11-15-35/h7-8,18-19,21,24,29-31,33,37H,2-6,9-17,20H2,1H3/b28-23+,29-19?. The maximum atomic E-state index is 9.58. The molecule has 10 nitrogen and oxygen atoms in total.